The summed E-state index contributed by atoms with van der Waals surface area (Å²) in [5, 5.41) is 17.2. The van der Waals surface area contributed by atoms with Crippen LogP contribution in [0, 0.1) is 18.7 Å². The molecule has 0 spiro atoms. The highest BCUT2D eigenvalue weighted by atomic mass is 19.1. The van der Waals surface area contributed by atoms with Crippen LogP contribution in [0.3, 0.4) is 0 Å². The van der Waals surface area contributed by atoms with Gasteiger partial charge >= 0.3 is 5.97 Å². The standard InChI is InChI=1S/C34H42FN5O7/c1-6-34(45)24-12-27-29-22(14-40(27)32(43)23(24)15-47-33(34)44)20(21-11-18(4)25(35)13-26(21)39-29)9-7-8-10-46-16-37-30(41)19(5)38-31(42)28(36)17(2)3/h11-13,17,19,28,45H,6-10,14-16,36H2,1-5H3,(H,37,41)(H,38,42)/t19-,28-,34-/m0/s1. The summed E-state index contributed by atoms with van der Waals surface area (Å²) in [5.74, 6) is -2.03. The van der Waals surface area contributed by atoms with Crippen LogP contribution in [0.4, 0.5) is 4.39 Å². The second-order valence-corrected chi connectivity index (χ2v) is 12.7. The highest BCUT2D eigenvalue weighted by molar-refractivity contribution is 5.90. The molecule has 252 valence electrons. The van der Waals surface area contributed by atoms with Gasteiger partial charge < -0.3 is 35.5 Å². The van der Waals surface area contributed by atoms with Crippen LogP contribution in [0.15, 0.2) is 23.0 Å². The van der Waals surface area contributed by atoms with Gasteiger partial charge in [-0.3, -0.25) is 14.4 Å². The largest absolute Gasteiger partial charge is 0.458 e. The summed E-state index contributed by atoms with van der Waals surface area (Å²) in [6, 6.07) is 3.33. The summed E-state index contributed by atoms with van der Waals surface area (Å²) < 4.78 is 27.1. The smallest absolute Gasteiger partial charge is 0.343 e. The first kappa shape index (κ1) is 34.1. The molecule has 0 bridgehead atoms. The van der Waals surface area contributed by atoms with Gasteiger partial charge in [-0.1, -0.05) is 20.8 Å². The van der Waals surface area contributed by atoms with Crippen molar-refractivity contribution < 1.29 is 33.4 Å². The van der Waals surface area contributed by atoms with Gasteiger partial charge in [-0.25, -0.2) is 14.2 Å². The average Bonchev–Trinajstić information content (AvgIpc) is 3.40. The molecule has 0 fully saturated rings. The van der Waals surface area contributed by atoms with E-state index in [1.165, 1.54) is 6.07 Å². The van der Waals surface area contributed by atoms with Crippen LogP contribution in [-0.2, 0) is 49.0 Å². The molecular weight excluding hydrogens is 609 g/mol. The molecule has 12 nitrogen and oxygen atoms in total. The number of aliphatic hydroxyl groups is 1. The number of halogens is 1. The normalized spacial score (nSPS) is 17.9. The van der Waals surface area contributed by atoms with E-state index in [1.54, 1.807) is 37.5 Å². The molecule has 1 aromatic carbocycles. The fourth-order valence-electron chi connectivity index (χ4n) is 6.11. The van der Waals surface area contributed by atoms with Crippen LogP contribution in [0.2, 0.25) is 0 Å². The van der Waals surface area contributed by atoms with Gasteiger partial charge in [-0.05, 0) is 68.7 Å². The minimum Gasteiger partial charge on any atom is -0.458 e. The van der Waals surface area contributed by atoms with Crippen molar-refractivity contribution in [2.24, 2.45) is 11.7 Å². The topological polar surface area (TPSA) is 175 Å². The number of ether oxygens (including phenoxy) is 2. The van der Waals surface area contributed by atoms with E-state index >= 15 is 0 Å². The van der Waals surface area contributed by atoms with Crippen molar-refractivity contribution in [3.05, 3.63) is 62.2 Å². The number of carbonyl (C=O) groups is 3. The molecule has 0 aliphatic carbocycles. The highest BCUT2D eigenvalue weighted by Gasteiger charge is 2.45. The lowest BCUT2D eigenvalue weighted by Gasteiger charge is -2.31. The molecule has 3 aromatic rings. The highest BCUT2D eigenvalue weighted by Crippen LogP contribution is 2.40. The molecule has 0 radical (unpaired) electrons. The van der Waals surface area contributed by atoms with Crippen molar-refractivity contribution in [3.8, 4) is 11.4 Å². The first-order valence-electron chi connectivity index (χ1n) is 16.0. The number of nitrogens with two attached hydrogens (primary N) is 1. The van der Waals surface area contributed by atoms with Crippen LogP contribution in [-0.4, -0.2) is 57.9 Å². The zero-order chi connectivity index (χ0) is 34.2. The van der Waals surface area contributed by atoms with E-state index in [0.717, 1.165) is 16.5 Å². The van der Waals surface area contributed by atoms with Crippen molar-refractivity contribution in [1.82, 2.24) is 20.2 Å². The fraction of sp³-hybridized carbons (Fsp3) is 0.500. The Morgan fingerprint density at radius 3 is 2.62 bits per heavy atom. The Hall–Kier alpha value is -4.20. The third-order valence-electron chi connectivity index (χ3n) is 9.17. The molecule has 47 heavy (non-hydrogen) atoms. The van der Waals surface area contributed by atoms with Gasteiger partial charge in [0.05, 0.1) is 35.1 Å². The monoisotopic (exact) mass is 651 g/mol. The first-order valence-corrected chi connectivity index (χ1v) is 16.0. The number of carbonyl (C=O) groups excluding carboxylic acids is 3. The number of amides is 2. The molecule has 2 aliphatic rings. The van der Waals surface area contributed by atoms with Gasteiger partial charge in [0.1, 0.15) is 25.2 Å². The number of hydrogen-bond donors (Lipinski definition) is 4. The Labute approximate surface area is 271 Å². The van der Waals surface area contributed by atoms with Gasteiger partial charge in [0.2, 0.25) is 11.8 Å². The van der Waals surface area contributed by atoms with Gasteiger partial charge in [0.25, 0.3) is 5.56 Å². The Balaban J connectivity index is 1.30. The van der Waals surface area contributed by atoms with Gasteiger partial charge in [-0.15, -0.1) is 0 Å². The van der Waals surface area contributed by atoms with E-state index < -0.39 is 35.4 Å². The van der Waals surface area contributed by atoms with E-state index in [9.17, 15) is 28.7 Å². The lowest BCUT2D eigenvalue weighted by Crippen LogP contribution is -2.51. The number of fused-ring (bicyclic) bond motifs is 5. The summed E-state index contributed by atoms with van der Waals surface area (Å²) in [6.07, 6.45) is 1.96. The van der Waals surface area contributed by atoms with Gasteiger partial charge in [0, 0.05) is 29.2 Å². The lowest BCUT2D eigenvalue weighted by molar-refractivity contribution is -0.172. The molecule has 13 heteroatoms. The Bertz CT molecular complexity index is 1810. The molecule has 2 amide bonds. The minimum atomic E-state index is -1.94. The molecule has 0 saturated heterocycles. The van der Waals surface area contributed by atoms with Gasteiger partial charge in [0.15, 0.2) is 5.60 Å². The van der Waals surface area contributed by atoms with E-state index in [0.29, 0.717) is 48.3 Å². The summed E-state index contributed by atoms with van der Waals surface area (Å²) in [7, 11) is 0. The fourth-order valence-corrected chi connectivity index (χ4v) is 6.11. The molecule has 0 saturated carbocycles. The Morgan fingerprint density at radius 2 is 1.91 bits per heavy atom. The first-order chi connectivity index (χ1) is 22.3. The number of hydrogen-bond acceptors (Lipinski definition) is 9. The van der Waals surface area contributed by atoms with Crippen molar-refractivity contribution in [1.29, 1.82) is 0 Å². The van der Waals surface area contributed by atoms with Crippen molar-refractivity contribution >= 4 is 28.7 Å². The number of aromatic nitrogens is 2. The van der Waals surface area contributed by atoms with Gasteiger partial charge in [-0.2, -0.15) is 0 Å². The minimum absolute atomic E-state index is 0.0272. The number of nitrogens with zero attached hydrogens (tertiary/aromatic N) is 2. The molecule has 0 unspecified atom stereocenters. The van der Waals surface area contributed by atoms with Crippen LogP contribution in [0.5, 0.6) is 0 Å². The molecule has 5 N–H and O–H groups in total. The molecule has 5 rings (SSSR count). The van der Waals surface area contributed by atoms with E-state index in [4.69, 9.17) is 20.2 Å². The van der Waals surface area contributed by atoms with Crippen LogP contribution in [0.1, 0.15) is 74.8 Å². The van der Waals surface area contributed by atoms with E-state index in [-0.39, 0.29) is 54.8 Å². The number of pyridine rings is 2. The van der Waals surface area contributed by atoms with Crippen LogP contribution >= 0.6 is 0 Å². The Kier molecular flexibility index (Phi) is 9.81. The molecular formula is C34H42FN5O7. The second-order valence-electron chi connectivity index (χ2n) is 12.7. The number of benzene rings is 1. The number of nitrogens with one attached hydrogen (secondary N) is 2. The predicted octanol–water partition coefficient (Wildman–Crippen LogP) is 2.43. The maximum Gasteiger partial charge on any atom is 0.343 e. The van der Waals surface area contributed by atoms with Crippen LogP contribution < -0.4 is 21.9 Å². The second kappa shape index (κ2) is 13.5. The number of esters is 1. The van der Waals surface area contributed by atoms with E-state index in [2.05, 4.69) is 10.6 Å². The molecule has 2 aromatic heterocycles. The third kappa shape index (κ3) is 6.39. The maximum absolute atomic E-state index is 14.7. The van der Waals surface area contributed by atoms with E-state index in [1.807, 2.05) is 13.8 Å². The molecule has 2 aliphatic heterocycles. The van der Waals surface area contributed by atoms with Crippen LogP contribution in [0.25, 0.3) is 22.3 Å². The summed E-state index contributed by atoms with van der Waals surface area (Å²) >= 11 is 0. The zero-order valence-corrected chi connectivity index (χ0v) is 27.4. The zero-order valence-electron chi connectivity index (χ0n) is 27.4. The SMILES string of the molecule is CC[C@@]1(O)C(=O)OCc2c1cc1n(c2=O)Cc2c-1nc1cc(F)c(C)cc1c2CCCCOCNC(=O)[C@H](C)NC(=O)[C@@H](N)C(C)C. The number of aryl methyl sites for hydroxylation is 2. The summed E-state index contributed by atoms with van der Waals surface area (Å²) in [5.41, 5.74) is 7.65. The van der Waals surface area contributed by atoms with Crippen molar-refractivity contribution in [3.63, 3.8) is 0 Å². The summed E-state index contributed by atoms with van der Waals surface area (Å²) in [6.45, 7) is 8.91. The van der Waals surface area contributed by atoms with Crippen molar-refractivity contribution in [2.75, 3.05) is 13.3 Å². The number of rotatable bonds is 12. The number of cyclic esters (lactones) is 1. The van der Waals surface area contributed by atoms with Crippen molar-refractivity contribution in [2.45, 2.75) is 91.1 Å². The lowest BCUT2D eigenvalue weighted by atomic mass is 9.86. The summed E-state index contributed by atoms with van der Waals surface area (Å²) in [4.78, 5) is 55.5. The average molecular weight is 652 g/mol. The third-order valence-corrected chi connectivity index (χ3v) is 9.17. The Morgan fingerprint density at radius 1 is 1.17 bits per heavy atom. The predicted molar refractivity (Wildman–Crippen MR) is 172 cm³/mol. The maximum atomic E-state index is 14.7. The molecule has 4 heterocycles. The molecule has 3 atom stereocenters. The number of unbranched alkanes of at least 4 members (excludes halogenated alkanes) is 1. The quantitative estimate of drug-likeness (QED) is 0.102.